The molecule has 2 N–H and O–H groups in total. The number of methoxy groups -OCH3 is 1. The number of hydrogen-bond donors (Lipinski definition) is 2. The number of aromatic hydroxyl groups is 1. The summed E-state index contributed by atoms with van der Waals surface area (Å²) in [6, 6.07) is 13.1. The van der Waals surface area contributed by atoms with E-state index in [9.17, 15) is 5.11 Å². The second-order valence-corrected chi connectivity index (χ2v) is 5.09. The monoisotopic (exact) mass is 291 g/mol. The van der Waals surface area contributed by atoms with Crippen molar-refractivity contribution in [3.63, 3.8) is 0 Å². The lowest BCUT2D eigenvalue weighted by molar-refractivity contribution is 0.413. The molecule has 0 bridgehead atoms. The van der Waals surface area contributed by atoms with Gasteiger partial charge in [-0.1, -0.05) is 23.7 Å². The number of hydrogen-bond acceptors (Lipinski definition) is 3. The third-order valence-electron chi connectivity index (χ3n) is 3.23. The Kier molecular flexibility index (Phi) is 4.88. The van der Waals surface area contributed by atoms with Gasteiger partial charge in [-0.25, -0.2) is 0 Å². The van der Waals surface area contributed by atoms with Gasteiger partial charge in [0.15, 0.2) is 0 Å². The summed E-state index contributed by atoms with van der Waals surface area (Å²) in [6.45, 7) is 2.61. The van der Waals surface area contributed by atoms with Crippen LogP contribution in [0.2, 0.25) is 5.02 Å². The van der Waals surface area contributed by atoms with Gasteiger partial charge in [0.05, 0.1) is 7.11 Å². The molecule has 0 saturated heterocycles. The van der Waals surface area contributed by atoms with Gasteiger partial charge in [0.1, 0.15) is 11.5 Å². The fourth-order valence-corrected chi connectivity index (χ4v) is 2.18. The van der Waals surface area contributed by atoms with E-state index in [1.165, 1.54) is 0 Å². The van der Waals surface area contributed by atoms with Gasteiger partial charge in [-0.3, -0.25) is 0 Å². The quantitative estimate of drug-likeness (QED) is 0.878. The summed E-state index contributed by atoms with van der Waals surface area (Å²) in [5, 5.41) is 13.8. The molecule has 0 aromatic heterocycles. The Morgan fingerprint density at radius 1 is 1.25 bits per heavy atom. The molecule has 0 heterocycles. The van der Waals surface area contributed by atoms with Gasteiger partial charge < -0.3 is 15.2 Å². The minimum atomic E-state index is 0.142. The van der Waals surface area contributed by atoms with Crippen molar-refractivity contribution in [2.24, 2.45) is 0 Å². The van der Waals surface area contributed by atoms with Gasteiger partial charge in [-0.2, -0.15) is 0 Å². The average molecular weight is 292 g/mol. The predicted octanol–water partition coefficient (Wildman–Crippen LogP) is 3.91. The first kappa shape index (κ1) is 14.7. The van der Waals surface area contributed by atoms with Crippen LogP contribution in [0.1, 0.15) is 24.1 Å². The topological polar surface area (TPSA) is 41.5 Å². The fourth-order valence-electron chi connectivity index (χ4n) is 1.99. The first-order valence-electron chi connectivity index (χ1n) is 6.45. The highest BCUT2D eigenvalue weighted by Crippen LogP contribution is 2.23. The van der Waals surface area contributed by atoms with Gasteiger partial charge >= 0.3 is 0 Å². The number of ether oxygens (including phenoxy) is 1. The van der Waals surface area contributed by atoms with E-state index in [4.69, 9.17) is 16.3 Å². The first-order valence-corrected chi connectivity index (χ1v) is 6.82. The highest BCUT2D eigenvalue weighted by Gasteiger charge is 2.08. The van der Waals surface area contributed by atoms with Gasteiger partial charge in [0, 0.05) is 23.2 Å². The van der Waals surface area contributed by atoms with E-state index in [0.29, 0.717) is 11.6 Å². The van der Waals surface area contributed by atoms with Crippen LogP contribution in [0, 0.1) is 0 Å². The maximum Gasteiger partial charge on any atom is 0.120 e. The molecule has 0 radical (unpaired) electrons. The number of benzene rings is 2. The van der Waals surface area contributed by atoms with Crippen LogP contribution in [0.15, 0.2) is 42.5 Å². The summed E-state index contributed by atoms with van der Waals surface area (Å²) in [5.74, 6) is 1.08. The van der Waals surface area contributed by atoms with Crippen molar-refractivity contribution >= 4 is 11.6 Å². The van der Waals surface area contributed by atoms with Crippen LogP contribution in [0.3, 0.4) is 0 Å². The second kappa shape index (κ2) is 6.64. The smallest absolute Gasteiger partial charge is 0.120 e. The van der Waals surface area contributed by atoms with E-state index in [1.807, 2.05) is 24.3 Å². The Balaban J connectivity index is 2.04. The molecule has 1 atom stereocenters. The maximum atomic E-state index is 9.78. The standard InChI is InChI=1S/C16H18ClNO2/c1-11(12-4-3-5-15(9-12)20-2)18-10-13-8-14(17)6-7-16(13)19/h3-9,11,18-19H,10H2,1-2H3/t11-/m1/s1. The van der Waals surface area contributed by atoms with Gasteiger partial charge in [0.25, 0.3) is 0 Å². The third kappa shape index (κ3) is 3.65. The van der Waals surface area contributed by atoms with E-state index >= 15 is 0 Å². The lowest BCUT2D eigenvalue weighted by Gasteiger charge is -2.16. The summed E-state index contributed by atoms with van der Waals surface area (Å²) >= 11 is 5.93. The van der Waals surface area contributed by atoms with E-state index in [2.05, 4.69) is 12.2 Å². The Labute approximate surface area is 124 Å². The van der Waals surface area contributed by atoms with Crippen LogP contribution in [0.25, 0.3) is 0 Å². The fraction of sp³-hybridized carbons (Fsp3) is 0.250. The lowest BCUT2D eigenvalue weighted by atomic mass is 10.1. The zero-order valence-corrected chi connectivity index (χ0v) is 12.3. The summed E-state index contributed by atoms with van der Waals surface area (Å²) in [5.41, 5.74) is 1.91. The van der Waals surface area contributed by atoms with E-state index in [-0.39, 0.29) is 11.8 Å². The molecule has 0 aliphatic carbocycles. The Morgan fingerprint density at radius 3 is 2.80 bits per heavy atom. The molecule has 0 aliphatic rings. The molecule has 0 amide bonds. The average Bonchev–Trinajstić information content (AvgIpc) is 2.48. The summed E-state index contributed by atoms with van der Waals surface area (Å²) in [4.78, 5) is 0. The Bertz CT molecular complexity index is 586. The maximum absolute atomic E-state index is 9.78. The van der Waals surface area contributed by atoms with Gasteiger partial charge in [0.2, 0.25) is 0 Å². The van der Waals surface area contributed by atoms with Crippen LogP contribution in [-0.4, -0.2) is 12.2 Å². The third-order valence-corrected chi connectivity index (χ3v) is 3.47. The summed E-state index contributed by atoms with van der Waals surface area (Å²) in [7, 11) is 1.65. The Hall–Kier alpha value is -1.71. The Morgan fingerprint density at radius 2 is 2.05 bits per heavy atom. The van der Waals surface area contributed by atoms with Crippen molar-refractivity contribution in [3.05, 3.63) is 58.6 Å². The molecule has 2 aromatic carbocycles. The zero-order chi connectivity index (χ0) is 14.5. The molecule has 3 nitrogen and oxygen atoms in total. The molecule has 0 saturated carbocycles. The number of phenols is 1. The molecule has 4 heteroatoms. The van der Waals surface area contributed by atoms with Crippen molar-refractivity contribution in [1.82, 2.24) is 5.32 Å². The van der Waals surface area contributed by atoms with Gasteiger partial charge in [-0.15, -0.1) is 0 Å². The lowest BCUT2D eigenvalue weighted by Crippen LogP contribution is -2.18. The van der Waals surface area contributed by atoms with E-state index < -0.39 is 0 Å². The molecule has 2 rings (SSSR count). The van der Waals surface area contributed by atoms with Gasteiger partial charge in [-0.05, 0) is 42.8 Å². The van der Waals surface area contributed by atoms with Crippen LogP contribution in [-0.2, 0) is 6.54 Å². The second-order valence-electron chi connectivity index (χ2n) is 4.65. The van der Waals surface area contributed by atoms with Crippen molar-refractivity contribution in [3.8, 4) is 11.5 Å². The number of phenolic OH excluding ortho intramolecular Hbond substituents is 1. The van der Waals surface area contributed by atoms with E-state index in [1.54, 1.807) is 25.3 Å². The summed E-state index contributed by atoms with van der Waals surface area (Å²) < 4.78 is 5.22. The zero-order valence-electron chi connectivity index (χ0n) is 11.6. The molecule has 106 valence electrons. The molecular weight excluding hydrogens is 274 g/mol. The minimum Gasteiger partial charge on any atom is -0.508 e. The highest BCUT2D eigenvalue weighted by molar-refractivity contribution is 6.30. The first-order chi connectivity index (χ1) is 9.60. The van der Waals surface area contributed by atoms with Crippen LogP contribution in [0.4, 0.5) is 0 Å². The van der Waals surface area contributed by atoms with Crippen LogP contribution >= 0.6 is 11.6 Å². The molecule has 0 unspecified atom stereocenters. The molecule has 0 aliphatic heterocycles. The SMILES string of the molecule is COc1cccc([C@@H](C)NCc2cc(Cl)ccc2O)c1. The molecule has 20 heavy (non-hydrogen) atoms. The largest absolute Gasteiger partial charge is 0.508 e. The number of nitrogens with one attached hydrogen (secondary N) is 1. The van der Waals surface area contributed by atoms with Crippen molar-refractivity contribution in [2.45, 2.75) is 19.5 Å². The minimum absolute atomic E-state index is 0.142. The highest BCUT2D eigenvalue weighted by atomic mass is 35.5. The predicted molar refractivity (Wildman–Crippen MR) is 81.4 cm³/mol. The number of rotatable bonds is 5. The van der Waals surface area contributed by atoms with Crippen LogP contribution < -0.4 is 10.1 Å². The van der Waals surface area contributed by atoms with Crippen molar-refractivity contribution in [1.29, 1.82) is 0 Å². The molecule has 0 fully saturated rings. The number of halogens is 1. The molecule has 2 aromatic rings. The van der Waals surface area contributed by atoms with E-state index in [0.717, 1.165) is 16.9 Å². The van der Waals surface area contributed by atoms with Crippen molar-refractivity contribution < 1.29 is 9.84 Å². The molecular formula is C16H18ClNO2. The van der Waals surface area contributed by atoms with Crippen LogP contribution in [0.5, 0.6) is 11.5 Å². The normalized spacial score (nSPS) is 12.2. The summed E-state index contributed by atoms with van der Waals surface area (Å²) in [6.07, 6.45) is 0. The van der Waals surface area contributed by atoms with Crippen molar-refractivity contribution in [2.75, 3.05) is 7.11 Å². The molecule has 0 spiro atoms.